The SMILES string of the molecule is CCSc1nc2c(c(=O)[nH]1)C(c1ccc3c(c1[N+](=O)[O-])OCO3)C1=C(CC(C)(C)CC1=O)N2. The molecule has 2 aromatic rings. The first kappa shape index (κ1) is 21.5. The molecule has 1 aliphatic carbocycles. The number of fused-ring (bicyclic) bond motifs is 2. The van der Waals surface area contributed by atoms with Gasteiger partial charge in [0.25, 0.3) is 5.56 Å². The molecular weight excluding hydrogens is 448 g/mol. The molecule has 33 heavy (non-hydrogen) atoms. The van der Waals surface area contributed by atoms with E-state index in [0.29, 0.717) is 34.4 Å². The molecule has 3 aliphatic rings. The summed E-state index contributed by atoms with van der Waals surface area (Å²) < 4.78 is 10.7. The van der Waals surface area contributed by atoms with Crippen LogP contribution in [-0.2, 0) is 4.79 Å². The molecule has 0 radical (unpaired) electrons. The Bertz CT molecular complexity index is 1300. The molecule has 1 unspecified atom stereocenters. The Balaban J connectivity index is 1.81. The van der Waals surface area contributed by atoms with Crippen LogP contribution in [0.1, 0.15) is 50.7 Å². The van der Waals surface area contributed by atoms with Gasteiger partial charge in [0.1, 0.15) is 5.82 Å². The van der Waals surface area contributed by atoms with Crippen molar-refractivity contribution in [1.29, 1.82) is 0 Å². The van der Waals surface area contributed by atoms with E-state index in [1.165, 1.54) is 17.8 Å². The van der Waals surface area contributed by atoms with Crippen LogP contribution in [0.5, 0.6) is 11.5 Å². The van der Waals surface area contributed by atoms with Gasteiger partial charge in [-0.3, -0.25) is 19.7 Å². The van der Waals surface area contributed by atoms with E-state index < -0.39 is 16.4 Å². The Morgan fingerprint density at radius 2 is 2.06 bits per heavy atom. The number of rotatable bonds is 4. The number of carbonyl (C=O) groups is 1. The van der Waals surface area contributed by atoms with Crippen LogP contribution in [-0.4, -0.2) is 33.2 Å². The fraction of sp³-hybridized carbons (Fsp3) is 0.409. The summed E-state index contributed by atoms with van der Waals surface area (Å²) in [4.78, 5) is 45.6. The minimum absolute atomic E-state index is 0.00543. The number of nitro benzene ring substituents is 1. The highest BCUT2D eigenvalue weighted by Gasteiger charge is 2.45. The number of hydrogen-bond donors (Lipinski definition) is 2. The number of aromatic nitrogens is 2. The molecule has 0 bridgehead atoms. The zero-order chi connectivity index (χ0) is 23.5. The predicted molar refractivity (Wildman–Crippen MR) is 121 cm³/mol. The van der Waals surface area contributed by atoms with Crippen molar-refractivity contribution in [3.05, 3.63) is 55.0 Å². The van der Waals surface area contributed by atoms with Crippen molar-refractivity contribution in [2.45, 2.75) is 44.7 Å². The van der Waals surface area contributed by atoms with Crippen molar-refractivity contribution in [1.82, 2.24) is 9.97 Å². The Morgan fingerprint density at radius 3 is 2.79 bits per heavy atom. The fourth-order valence-corrected chi connectivity index (χ4v) is 5.40. The highest BCUT2D eigenvalue weighted by Crippen LogP contribution is 2.52. The molecule has 10 nitrogen and oxygen atoms in total. The van der Waals surface area contributed by atoms with E-state index in [4.69, 9.17) is 9.47 Å². The summed E-state index contributed by atoms with van der Waals surface area (Å²) >= 11 is 1.38. The van der Waals surface area contributed by atoms with E-state index in [1.807, 2.05) is 20.8 Å². The van der Waals surface area contributed by atoms with Gasteiger partial charge in [-0.25, -0.2) is 4.98 Å². The quantitative estimate of drug-likeness (QED) is 0.296. The summed E-state index contributed by atoms with van der Waals surface area (Å²) in [5, 5.41) is 15.8. The maximum absolute atomic E-state index is 13.4. The number of allylic oxidation sites excluding steroid dienone is 2. The lowest BCUT2D eigenvalue weighted by Gasteiger charge is -2.38. The summed E-state index contributed by atoms with van der Waals surface area (Å²) in [5.74, 6) is 0.181. The van der Waals surface area contributed by atoms with Crippen molar-refractivity contribution >= 4 is 29.1 Å². The molecule has 0 amide bonds. The van der Waals surface area contributed by atoms with Gasteiger partial charge in [0.15, 0.2) is 16.7 Å². The van der Waals surface area contributed by atoms with Crippen LogP contribution in [0.4, 0.5) is 11.5 Å². The van der Waals surface area contributed by atoms with Gasteiger partial charge in [0.05, 0.1) is 16.4 Å². The highest BCUT2D eigenvalue weighted by atomic mass is 32.2. The van der Waals surface area contributed by atoms with Gasteiger partial charge in [-0.15, -0.1) is 0 Å². The molecule has 0 fully saturated rings. The maximum Gasteiger partial charge on any atom is 0.319 e. The minimum atomic E-state index is -0.952. The molecule has 0 saturated heterocycles. The van der Waals surface area contributed by atoms with Crippen LogP contribution in [0.3, 0.4) is 0 Å². The van der Waals surface area contributed by atoms with Gasteiger partial charge in [0.2, 0.25) is 12.5 Å². The lowest BCUT2D eigenvalue weighted by molar-refractivity contribution is -0.386. The Hall–Kier alpha value is -3.34. The fourth-order valence-electron chi connectivity index (χ4n) is 4.80. The molecule has 0 spiro atoms. The third kappa shape index (κ3) is 3.47. The number of H-pyrrole nitrogens is 1. The largest absolute Gasteiger partial charge is 0.453 e. The van der Waals surface area contributed by atoms with E-state index in [2.05, 4.69) is 15.3 Å². The van der Waals surface area contributed by atoms with Crippen molar-refractivity contribution in [2.24, 2.45) is 5.41 Å². The molecular formula is C22H22N4O6S. The Morgan fingerprint density at radius 1 is 1.27 bits per heavy atom. The van der Waals surface area contributed by atoms with Crippen LogP contribution in [0.2, 0.25) is 0 Å². The molecule has 1 atom stereocenters. The summed E-state index contributed by atoms with van der Waals surface area (Å²) in [7, 11) is 0. The predicted octanol–water partition coefficient (Wildman–Crippen LogP) is 3.72. The second-order valence-corrected chi connectivity index (χ2v) is 10.2. The number of benzene rings is 1. The Labute approximate surface area is 192 Å². The van der Waals surface area contributed by atoms with E-state index in [1.54, 1.807) is 6.07 Å². The number of aromatic amines is 1. The van der Waals surface area contributed by atoms with Crippen molar-refractivity contribution < 1.29 is 19.2 Å². The van der Waals surface area contributed by atoms with Crippen LogP contribution >= 0.6 is 11.8 Å². The molecule has 11 heteroatoms. The number of nitrogens with one attached hydrogen (secondary N) is 2. The van der Waals surface area contributed by atoms with Gasteiger partial charge < -0.3 is 19.8 Å². The second kappa shape index (κ2) is 7.62. The topological polar surface area (TPSA) is 136 Å². The average Bonchev–Trinajstić information content (AvgIpc) is 3.19. The molecule has 1 aromatic heterocycles. The van der Waals surface area contributed by atoms with Gasteiger partial charge in [-0.2, -0.15) is 0 Å². The van der Waals surface area contributed by atoms with Crippen molar-refractivity contribution in [3.63, 3.8) is 0 Å². The molecule has 2 N–H and O–H groups in total. The van der Waals surface area contributed by atoms with E-state index >= 15 is 0 Å². The standard InChI is InChI=1S/C22H22N4O6S/c1-4-33-21-24-19-16(20(28)25-21)14(15-11(23-19)7-22(2,3)8-12(15)27)10-5-6-13-18(32-9-31-13)17(10)26(29)30/h5-6,14H,4,7-9H2,1-3H3,(H2,23,24,25,28). The number of hydrogen-bond acceptors (Lipinski definition) is 9. The first-order chi connectivity index (χ1) is 15.7. The average molecular weight is 471 g/mol. The zero-order valence-electron chi connectivity index (χ0n) is 18.3. The number of carbonyl (C=O) groups excluding carboxylic acids is 1. The maximum atomic E-state index is 13.4. The van der Waals surface area contributed by atoms with Crippen molar-refractivity contribution in [3.8, 4) is 11.5 Å². The van der Waals surface area contributed by atoms with Gasteiger partial charge in [0, 0.05) is 23.3 Å². The van der Waals surface area contributed by atoms with Gasteiger partial charge in [-0.1, -0.05) is 32.5 Å². The molecule has 2 aliphatic heterocycles. The summed E-state index contributed by atoms with van der Waals surface area (Å²) in [6, 6.07) is 3.12. The smallest absolute Gasteiger partial charge is 0.319 e. The first-order valence-corrected chi connectivity index (χ1v) is 11.6. The molecule has 5 rings (SSSR count). The van der Waals surface area contributed by atoms with Crippen molar-refractivity contribution in [2.75, 3.05) is 17.9 Å². The van der Waals surface area contributed by atoms with Crippen LogP contribution < -0.4 is 20.3 Å². The summed E-state index contributed by atoms with van der Waals surface area (Å²) in [5.41, 5.74) is 0.357. The van der Waals surface area contributed by atoms with Gasteiger partial charge >= 0.3 is 5.69 Å². The van der Waals surface area contributed by atoms with Crippen LogP contribution in [0, 0.1) is 15.5 Å². The molecule has 3 heterocycles. The Kier molecular flexibility index (Phi) is 4.96. The third-order valence-electron chi connectivity index (χ3n) is 6.02. The highest BCUT2D eigenvalue weighted by molar-refractivity contribution is 7.99. The number of nitro groups is 1. The van der Waals surface area contributed by atoms with Crippen LogP contribution in [0.25, 0.3) is 0 Å². The number of ether oxygens (including phenoxy) is 2. The van der Waals surface area contributed by atoms with E-state index in [9.17, 15) is 19.7 Å². The number of anilines is 1. The number of thioether (sulfide) groups is 1. The molecule has 0 saturated carbocycles. The monoisotopic (exact) mass is 470 g/mol. The van der Waals surface area contributed by atoms with E-state index in [-0.39, 0.29) is 52.7 Å². The summed E-state index contributed by atoms with van der Waals surface area (Å²) in [6.45, 7) is 5.80. The normalized spacial score (nSPS) is 20.2. The first-order valence-electron chi connectivity index (χ1n) is 10.6. The van der Waals surface area contributed by atoms with E-state index in [0.717, 1.165) is 0 Å². The minimum Gasteiger partial charge on any atom is -0.453 e. The third-order valence-corrected chi connectivity index (χ3v) is 6.77. The molecule has 1 aromatic carbocycles. The summed E-state index contributed by atoms with van der Waals surface area (Å²) in [6.07, 6.45) is 0.819. The lowest BCUT2D eigenvalue weighted by Crippen LogP contribution is -2.37. The number of Topliss-reactive ketones (excluding diaryl/α,β-unsaturated/α-hetero) is 1. The second-order valence-electron chi connectivity index (χ2n) is 8.95. The lowest BCUT2D eigenvalue weighted by atomic mass is 9.69. The van der Waals surface area contributed by atoms with Crippen LogP contribution in [0.15, 0.2) is 33.4 Å². The number of nitrogens with zero attached hydrogens (tertiary/aromatic N) is 2. The molecule has 172 valence electrons. The zero-order valence-corrected chi connectivity index (χ0v) is 19.1. The number of ketones is 1. The van der Waals surface area contributed by atoms with Gasteiger partial charge in [-0.05, 0) is 29.7 Å².